The van der Waals surface area contributed by atoms with E-state index in [-0.39, 0.29) is 4.87 Å². The summed E-state index contributed by atoms with van der Waals surface area (Å²) in [6.45, 7) is 0. The molecule has 0 saturated heterocycles. The first kappa shape index (κ1) is 10.5. The van der Waals surface area contributed by atoms with Crippen LogP contribution in [0.4, 0.5) is 0 Å². The molecule has 0 saturated carbocycles. The maximum absolute atomic E-state index is 11.0. The molecule has 2 aromatic rings. The second-order valence-corrected chi connectivity index (χ2v) is 4.42. The van der Waals surface area contributed by atoms with Gasteiger partial charge >= 0.3 is 4.87 Å². The molecule has 1 N–H and O–H groups in total. The lowest BCUT2D eigenvalue weighted by atomic mass is 10.1. The van der Waals surface area contributed by atoms with Gasteiger partial charge in [0.2, 0.25) is 0 Å². The summed E-state index contributed by atoms with van der Waals surface area (Å²) in [5.41, 5.74) is 3.13. The smallest absolute Gasteiger partial charge is 0.304 e. The van der Waals surface area contributed by atoms with Crippen LogP contribution in [0.5, 0.6) is 0 Å². The van der Waals surface area contributed by atoms with E-state index in [4.69, 9.17) is 11.6 Å². The Morgan fingerprint density at radius 1 is 1.27 bits per heavy atom. The number of rotatable bonds is 3. The second-order valence-electron chi connectivity index (χ2n) is 3.20. The van der Waals surface area contributed by atoms with Gasteiger partial charge in [0.25, 0.3) is 0 Å². The molecule has 1 heterocycles. The number of hydrogen-bond acceptors (Lipinski definition) is 2. The Hall–Kier alpha value is -1.06. The zero-order chi connectivity index (χ0) is 10.7. The molecule has 78 valence electrons. The first-order valence-corrected chi connectivity index (χ1v) is 6.04. The van der Waals surface area contributed by atoms with Crippen LogP contribution in [0.2, 0.25) is 0 Å². The minimum atomic E-state index is -0.0187. The highest BCUT2D eigenvalue weighted by molar-refractivity contribution is 7.07. The molecule has 0 bridgehead atoms. The summed E-state index contributed by atoms with van der Waals surface area (Å²) < 4.78 is 0. The van der Waals surface area contributed by atoms with E-state index in [2.05, 4.69) is 4.98 Å². The Balaban J connectivity index is 2.27. The zero-order valence-electron chi connectivity index (χ0n) is 8.00. The molecule has 2 rings (SSSR count). The quantitative estimate of drug-likeness (QED) is 0.821. The topological polar surface area (TPSA) is 32.9 Å². The summed E-state index contributed by atoms with van der Waals surface area (Å²) in [6.07, 6.45) is 0.877. The van der Waals surface area contributed by atoms with Crippen LogP contribution in [0, 0.1) is 0 Å². The Bertz CT molecular complexity index is 486. The first-order valence-electron chi connectivity index (χ1n) is 4.62. The number of alkyl halides is 1. The fourth-order valence-electron chi connectivity index (χ4n) is 1.38. The van der Waals surface area contributed by atoms with Crippen molar-refractivity contribution in [3.05, 3.63) is 44.9 Å². The van der Waals surface area contributed by atoms with Gasteiger partial charge in [-0.3, -0.25) is 4.79 Å². The molecule has 0 fully saturated rings. The van der Waals surface area contributed by atoms with E-state index < -0.39 is 0 Å². The van der Waals surface area contributed by atoms with E-state index >= 15 is 0 Å². The fraction of sp³-hybridized carbons (Fsp3) is 0.182. The van der Waals surface area contributed by atoms with Crippen molar-refractivity contribution in [1.29, 1.82) is 0 Å². The molecule has 0 radical (unpaired) electrons. The Labute approximate surface area is 96.5 Å². The summed E-state index contributed by atoms with van der Waals surface area (Å²) in [7, 11) is 0. The van der Waals surface area contributed by atoms with Crippen molar-refractivity contribution >= 4 is 22.9 Å². The van der Waals surface area contributed by atoms with Gasteiger partial charge in [-0.2, -0.15) is 0 Å². The summed E-state index contributed by atoms with van der Waals surface area (Å²) >= 11 is 6.83. The summed E-state index contributed by atoms with van der Waals surface area (Å²) in [5.74, 6) is 0.634. The molecular formula is C11H10ClNOS. The van der Waals surface area contributed by atoms with Gasteiger partial charge in [0.05, 0.1) is 5.69 Å². The Morgan fingerprint density at radius 2 is 2.00 bits per heavy atom. The van der Waals surface area contributed by atoms with Crippen molar-refractivity contribution in [2.45, 2.75) is 6.42 Å². The highest BCUT2D eigenvalue weighted by Gasteiger charge is 2.00. The molecule has 1 aromatic heterocycles. The van der Waals surface area contributed by atoms with Crippen LogP contribution < -0.4 is 4.87 Å². The van der Waals surface area contributed by atoms with E-state index in [0.717, 1.165) is 17.7 Å². The van der Waals surface area contributed by atoms with E-state index in [9.17, 15) is 4.79 Å². The Morgan fingerprint density at radius 3 is 2.53 bits per heavy atom. The van der Waals surface area contributed by atoms with Gasteiger partial charge in [-0.25, -0.2) is 0 Å². The number of hydrogen-bond donors (Lipinski definition) is 1. The number of aromatic amines is 1. The lowest BCUT2D eigenvalue weighted by molar-refractivity contribution is 1.15. The molecule has 0 aliphatic carbocycles. The third-order valence-corrected chi connectivity index (χ3v) is 3.03. The number of aryl methyl sites for hydroxylation is 1. The Kier molecular flexibility index (Phi) is 3.23. The van der Waals surface area contributed by atoms with Gasteiger partial charge in [0.1, 0.15) is 0 Å². The number of benzene rings is 1. The third-order valence-electron chi connectivity index (χ3n) is 2.17. The fourth-order valence-corrected chi connectivity index (χ4v) is 2.19. The van der Waals surface area contributed by atoms with Gasteiger partial charge in [-0.1, -0.05) is 35.6 Å². The average molecular weight is 240 g/mol. The molecule has 0 atom stereocenters. The molecule has 0 aliphatic heterocycles. The molecular weight excluding hydrogens is 230 g/mol. The number of H-pyrrole nitrogens is 1. The molecule has 0 spiro atoms. The molecule has 0 unspecified atom stereocenters. The minimum absolute atomic E-state index is 0.0187. The lowest BCUT2D eigenvalue weighted by Gasteiger charge is -2.00. The van der Waals surface area contributed by atoms with Gasteiger partial charge in [0, 0.05) is 11.3 Å². The van der Waals surface area contributed by atoms with Crippen molar-refractivity contribution in [2.75, 3.05) is 5.88 Å². The predicted octanol–water partition coefficient (Wildman–Crippen LogP) is 2.88. The summed E-state index contributed by atoms with van der Waals surface area (Å²) in [5, 5.41) is 1.83. The van der Waals surface area contributed by atoms with Crippen LogP contribution in [-0.4, -0.2) is 10.9 Å². The van der Waals surface area contributed by atoms with Crippen molar-refractivity contribution < 1.29 is 0 Å². The first-order chi connectivity index (χ1) is 7.29. The SMILES string of the molecule is O=c1[nH]c(-c2ccc(CCCl)cc2)cs1. The minimum Gasteiger partial charge on any atom is -0.312 e. The maximum Gasteiger partial charge on any atom is 0.304 e. The normalized spacial score (nSPS) is 10.5. The lowest BCUT2D eigenvalue weighted by Crippen LogP contribution is -1.92. The molecule has 15 heavy (non-hydrogen) atoms. The van der Waals surface area contributed by atoms with Gasteiger partial charge in [0.15, 0.2) is 0 Å². The molecule has 4 heteroatoms. The standard InChI is InChI=1S/C11H10ClNOS/c12-6-5-8-1-3-9(4-2-8)10-7-15-11(14)13-10/h1-4,7H,5-6H2,(H,13,14). The zero-order valence-corrected chi connectivity index (χ0v) is 9.57. The van der Waals surface area contributed by atoms with Crippen molar-refractivity contribution in [1.82, 2.24) is 4.98 Å². The van der Waals surface area contributed by atoms with E-state index in [1.165, 1.54) is 16.9 Å². The predicted molar refractivity (Wildman–Crippen MR) is 64.8 cm³/mol. The monoisotopic (exact) mass is 239 g/mol. The van der Waals surface area contributed by atoms with Crippen molar-refractivity contribution in [2.24, 2.45) is 0 Å². The maximum atomic E-state index is 11.0. The van der Waals surface area contributed by atoms with Gasteiger partial charge in [-0.15, -0.1) is 11.6 Å². The molecule has 0 aliphatic rings. The van der Waals surface area contributed by atoms with Crippen LogP contribution >= 0.6 is 22.9 Å². The number of aromatic nitrogens is 1. The van der Waals surface area contributed by atoms with Gasteiger partial charge < -0.3 is 4.98 Å². The highest BCUT2D eigenvalue weighted by Crippen LogP contribution is 2.17. The van der Waals surface area contributed by atoms with E-state index in [0.29, 0.717) is 5.88 Å². The van der Waals surface area contributed by atoms with Crippen molar-refractivity contribution in [3.8, 4) is 11.3 Å². The number of thiazole rings is 1. The van der Waals surface area contributed by atoms with Crippen LogP contribution in [0.3, 0.4) is 0 Å². The van der Waals surface area contributed by atoms with Crippen LogP contribution in [-0.2, 0) is 6.42 Å². The van der Waals surface area contributed by atoms with Crippen LogP contribution in [0.15, 0.2) is 34.4 Å². The average Bonchev–Trinajstić information content (AvgIpc) is 2.67. The van der Waals surface area contributed by atoms with Crippen molar-refractivity contribution in [3.63, 3.8) is 0 Å². The van der Waals surface area contributed by atoms with Crippen LogP contribution in [0.1, 0.15) is 5.56 Å². The molecule has 0 amide bonds. The number of nitrogens with one attached hydrogen (secondary N) is 1. The van der Waals surface area contributed by atoms with Gasteiger partial charge in [-0.05, 0) is 17.5 Å². The highest BCUT2D eigenvalue weighted by atomic mass is 35.5. The summed E-state index contributed by atoms with van der Waals surface area (Å²) in [6, 6.07) is 8.07. The largest absolute Gasteiger partial charge is 0.312 e. The summed E-state index contributed by atoms with van der Waals surface area (Å²) in [4.78, 5) is 13.7. The second kappa shape index (κ2) is 4.64. The van der Waals surface area contributed by atoms with E-state index in [1.807, 2.05) is 29.6 Å². The molecule has 1 aromatic carbocycles. The van der Waals surface area contributed by atoms with Crippen LogP contribution in [0.25, 0.3) is 11.3 Å². The molecule has 2 nitrogen and oxygen atoms in total. The third kappa shape index (κ3) is 2.49. The number of halogens is 1. The van der Waals surface area contributed by atoms with E-state index in [1.54, 1.807) is 0 Å².